The normalized spacial score (nSPS) is 18.0. The van der Waals surface area contributed by atoms with E-state index in [1.807, 2.05) is 0 Å². The summed E-state index contributed by atoms with van der Waals surface area (Å²) in [5, 5.41) is 3.74. The van der Waals surface area contributed by atoms with Crippen LogP contribution in [0.2, 0.25) is 10.0 Å². The molecule has 2 rings (SSSR count). The number of hydrogen-bond donors (Lipinski definition) is 1. The standard InChI is InChI=1S/C11H12Cl2FNO/c1-11(5-16-6-11)4-15-10-8(12)2-7(14)3-9(10)13/h2-3,15H,4-6H2,1H3. The third-order valence-corrected chi connectivity index (χ3v) is 3.20. The third kappa shape index (κ3) is 2.42. The van der Waals surface area contributed by atoms with Crippen molar-refractivity contribution in [1.82, 2.24) is 0 Å². The lowest BCUT2D eigenvalue weighted by molar-refractivity contribution is -0.0924. The molecule has 0 bridgehead atoms. The Morgan fingerprint density at radius 1 is 1.38 bits per heavy atom. The van der Waals surface area contributed by atoms with Crippen molar-refractivity contribution in [1.29, 1.82) is 0 Å². The second-order valence-corrected chi connectivity index (χ2v) is 5.22. The van der Waals surface area contributed by atoms with Crippen LogP contribution in [0.3, 0.4) is 0 Å². The van der Waals surface area contributed by atoms with Crippen molar-refractivity contribution < 1.29 is 9.13 Å². The van der Waals surface area contributed by atoms with Crippen molar-refractivity contribution in [2.75, 3.05) is 25.1 Å². The fraction of sp³-hybridized carbons (Fsp3) is 0.455. The average molecular weight is 264 g/mol. The van der Waals surface area contributed by atoms with Gasteiger partial charge in [-0.1, -0.05) is 30.1 Å². The summed E-state index contributed by atoms with van der Waals surface area (Å²) in [5.74, 6) is -0.432. The van der Waals surface area contributed by atoms with Crippen LogP contribution in [-0.2, 0) is 4.74 Å². The highest BCUT2D eigenvalue weighted by molar-refractivity contribution is 6.39. The van der Waals surface area contributed by atoms with E-state index < -0.39 is 5.82 Å². The van der Waals surface area contributed by atoms with Gasteiger partial charge in [-0.25, -0.2) is 4.39 Å². The Bertz CT molecular complexity index is 384. The van der Waals surface area contributed by atoms with E-state index in [0.717, 1.165) is 13.2 Å². The molecular formula is C11H12Cl2FNO. The number of halogens is 3. The minimum atomic E-state index is -0.432. The number of rotatable bonds is 3. The summed E-state index contributed by atoms with van der Waals surface area (Å²) in [6.45, 7) is 4.25. The molecule has 0 saturated carbocycles. The van der Waals surface area contributed by atoms with E-state index in [-0.39, 0.29) is 5.41 Å². The van der Waals surface area contributed by atoms with Crippen molar-refractivity contribution >= 4 is 28.9 Å². The molecule has 0 aliphatic carbocycles. The smallest absolute Gasteiger partial charge is 0.126 e. The molecule has 1 aliphatic rings. The van der Waals surface area contributed by atoms with Crippen molar-refractivity contribution in [3.05, 3.63) is 28.0 Å². The summed E-state index contributed by atoms with van der Waals surface area (Å²) in [5.41, 5.74) is 0.693. The Morgan fingerprint density at radius 2 is 1.94 bits per heavy atom. The van der Waals surface area contributed by atoms with Crippen LogP contribution in [-0.4, -0.2) is 19.8 Å². The zero-order valence-electron chi connectivity index (χ0n) is 8.82. The highest BCUT2D eigenvalue weighted by Crippen LogP contribution is 2.33. The van der Waals surface area contributed by atoms with E-state index in [4.69, 9.17) is 27.9 Å². The fourth-order valence-electron chi connectivity index (χ4n) is 1.57. The molecule has 0 radical (unpaired) electrons. The Balaban J connectivity index is 2.09. The topological polar surface area (TPSA) is 21.3 Å². The van der Waals surface area contributed by atoms with E-state index >= 15 is 0 Å². The first-order valence-corrected chi connectivity index (χ1v) is 5.72. The number of nitrogens with one attached hydrogen (secondary N) is 1. The highest BCUT2D eigenvalue weighted by Gasteiger charge is 2.33. The van der Waals surface area contributed by atoms with Gasteiger partial charge in [0.2, 0.25) is 0 Å². The largest absolute Gasteiger partial charge is 0.382 e. The first kappa shape index (κ1) is 12.0. The Morgan fingerprint density at radius 3 is 2.38 bits per heavy atom. The van der Waals surface area contributed by atoms with Gasteiger partial charge in [-0.05, 0) is 12.1 Å². The van der Waals surface area contributed by atoms with Gasteiger partial charge in [0.05, 0.1) is 28.9 Å². The SMILES string of the molecule is CC1(CNc2c(Cl)cc(F)cc2Cl)COC1. The van der Waals surface area contributed by atoms with Crippen molar-refractivity contribution in [3.8, 4) is 0 Å². The van der Waals surface area contributed by atoms with E-state index in [0.29, 0.717) is 22.3 Å². The second kappa shape index (κ2) is 4.40. The minimum absolute atomic E-state index is 0.112. The minimum Gasteiger partial charge on any atom is -0.382 e. The summed E-state index contributed by atoms with van der Waals surface area (Å²) in [6.07, 6.45) is 0. The molecule has 1 saturated heterocycles. The second-order valence-electron chi connectivity index (χ2n) is 4.40. The maximum absolute atomic E-state index is 12.9. The summed E-state index contributed by atoms with van der Waals surface area (Å²) in [6, 6.07) is 2.49. The van der Waals surface area contributed by atoms with Crippen LogP contribution in [0.1, 0.15) is 6.92 Å². The molecule has 1 heterocycles. The molecule has 0 amide bonds. The van der Waals surface area contributed by atoms with E-state index in [1.165, 1.54) is 12.1 Å². The molecule has 1 aromatic rings. The first-order chi connectivity index (χ1) is 7.50. The lowest BCUT2D eigenvalue weighted by Crippen LogP contribution is -2.45. The van der Waals surface area contributed by atoms with Crippen molar-refractivity contribution in [3.63, 3.8) is 0 Å². The number of ether oxygens (including phenoxy) is 1. The van der Waals surface area contributed by atoms with E-state index in [2.05, 4.69) is 12.2 Å². The van der Waals surface area contributed by atoms with Crippen LogP contribution in [0.5, 0.6) is 0 Å². The van der Waals surface area contributed by atoms with E-state index in [1.54, 1.807) is 0 Å². The number of hydrogen-bond acceptors (Lipinski definition) is 2. The summed E-state index contributed by atoms with van der Waals surface area (Å²) >= 11 is 11.8. The van der Waals surface area contributed by atoms with Gasteiger partial charge >= 0.3 is 0 Å². The molecule has 1 aromatic carbocycles. The summed E-state index contributed by atoms with van der Waals surface area (Å²) < 4.78 is 18.1. The third-order valence-electron chi connectivity index (χ3n) is 2.60. The highest BCUT2D eigenvalue weighted by atomic mass is 35.5. The molecule has 2 nitrogen and oxygen atoms in total. The molecule has 1 fully saturated rings. The quantitative estimate of drug-likeness (QED) is 0.900. The lowest BCUT2D eigenvalue weighted by Gasteiger charge is -2.38. The molecular weight excluding hydrogens is 252 g/mol. The van der Waals surface area contributed by atoms with Crippen LogP contribution in [0.4, 0.5) is 10.1 Å². The Hall–Kier alpha value is -0.510. The van der Waals surface area contributed by atoms with Gasteiger partial charge in [0.25, 0.3) is 0 Å². The summed E-state index contributed by atoms with van der Waals surface area (Å²) in [4.78, 5) is 0. The first-order valence-electron chi connectivity index (χ1n) is 4.96. The zero-order valence-corrected chi connectivity index (χ0v) is 10.3. The maximum Gasteiger partial charge on any atom is 0.126 e. The maximum atomic E-state index is 12.9. The van der Waals surface area contributed by atoms with Gasteiger partial charge in [-0.15, -0.1) is 0 Å². The predicted octanol–water partition coefficient (Wildman–Crippen LogP) is 3.58. The molecule has 88 valence electrons. The van der Waals surface area contributed by atoms with Gasteiger partial charge in [0.15, 0.2) is 0 Å². The van der Waals surface area contributed by atoms with Crippen LogP contribution < -0.4 is 5.32 Å². The van der Waals surface area contributed by atoms with Crippen LogP contribution in [0.15, 0.2) is 12.1 Å². The number of benzene rings is 1. The monoisotopic (exact) mass is 263 g/mol. The average Bonchev–Trinajstić information content (AvgIpc) is 2.13. The van der Waals surface area contributed by atoms with E-state index in [9.17, 15) is 4.39 Å². The molecule has 16 heavy (non-hydrogen) atoms. The lowest BCUT2D eigenvalue weighted by atomic mass is 9.89. The van der Waals surface area contributed by atoms with Gasteiger partial charge in [0, 0.05) is 12.0 Å². The van der Waals surface area contributed by atoms with Crippen LogP contribution in [0, 0.1) is 11.2 Å². The van der Waals surface area contributed by atoms with Crippen molar-refractivity contribution in [2.24, 2.45) is 5.41 Å². The molecule has 0 unspecified atom stereocenters. The van der Waals surface area contributed by atoms with Crippen LogP contribution >= 0.6 is 23.2 Å². The van der Waals surface area contributed by atoms with Gasteiger partial charge < -0.3 is 10.1 Å². The van der Waals surface area contributed by atoms with Gasteiger partial charge in [-0.2, -0.15) is 0 Å². The molecule has 0 spiro atoms. The molecule has 1 N–H and O–H groups in total. The summed E-state index contributed by atoms with van der Waals surface area (Å²) in [7, 11) is 0. The number of anilines is 1. The molecule has 0 atom stereocenters. The Labute approximate surface area is 104 Å². The fourth-order valence-corrected chi connectivity index (χ4v) is 2.16. The molecule has 5 heteroatoms. The van der Waals surface area contributed by atoms with Crippen molar-refractivity contribution in [2.45, 2.75) is 6.92 Å². The van der Waals surface area contributed by atoms with Gasteiger partial charge in [-0.3, -0.25) is 0 Å². The van der Waals surface area contributed by atoms with Gasteiger partial charge in [0.1, 0.15) is 5.82 Å². The van der Waals surface area contributed by atoms with Crippen LogP contribution in [0.25, 0.3) is 0 Å². The molecule has 0 aromatic heterocycles. The Kier molecular flexibility index (Phi) is 3.29. The molecule has 1 aliphatic heterocycles. The predicted molar refractivity (Wildman–Crippen MR) is 63.8 cm³/mol. The zero-order chi connectivity index (χ0) is 11.8.